The van der Waals surface area contributed by atoms with Gasteiger partial charge in [-0.15, -0.1) is 11.3 Å². The second-order valence-corrected chi connectivity index (χ2v) is 6.87. The summed E-state index contributed by atoms with van der Waals surface area (Å²) >= 11 is 1.20. The molecule has 6 nitrogen and oxygen atoms in total. The highest BCUT2D eigenvalue weighted by Gasteiger charge is 2.18. The minimum atomic E-state index is -0.421. The molecule has 26 heavy (non-hydrogen) atoms. The smallest absolute Gasteiger partial charge is 0.262 e. The summed E-state index contributed by atoms with van der Waals surface area (Å²) in [7, 11) is 3.04. The van der Waals surface area contributed by atoms with Gasteiger partial charge in [0.2, 0.25) is 0 Å². The molecule has 0 spiro atoms. The molecule has 0 saturated heterocycles. The molecule has 0 aliphatic heterocycles. The van der Waals surface area contributed by atoms with E-state index in [9.17, 15) is 14.0 Å². The summed E-state index contributed by atoms with van der Waals surface area (Å²) in [6.45, 7) is 2.13. The normalized spacial score (nSPS) is 10.9. The van der Waals surface area contributed by atoms with Gasteiger partial charge in [-0.25, -0.2) is 9.37 Å². The van der Waals surface area contributed by atoms with Gasteiger partial charge in [0.05, 0.1) is 23.7 Å². The second-order valence-electron chi connectivity index (χ2n) is 5.87. The van der Waals surface area contributed by atoms with Crippen molar-refractivity contribution in [1.29, 1.82) is 0 Å². The number of aryl methyl sites for hydroxylation is 2. The zero-order valence-electron chi connectivity index (χ0n) is 14.6. The molecular formula is C18H18FN3O3S. The SMILES string of the molecule is COc1cc(CCNC(=O)c2sc3ncn(C)c(=O)c3c2C)ccc1F. The number of methoxy groups -OCH3 is 1. The average molecular weight is 375 g/mol. The van der Waals surface area contributed by atoms with Gasteiger partial charge in [0.1, 0.15) is 4.83 Å². The van der Waals surface area contributed by atoms with Crippen LogP contribution in [0.25, 0.3) is 10.2 Å². The largest absolute Gasteiger partial charge is 0.494 e. The Morgan fingerprint density at radius 2 is 2.19 bits per heavy atom. The Hall–Kier alpha value is -2.74. The van der Waals surface area contributed by atoms with Crippen LogP contribution in [0.2, 0.25) is 0 Å². The number of halogens is 1. The summed E-state index contributed by atoms with van der Waals surface area (Å²) in [6, 6.07) is 4.61. The minimum Gasteiger partial charge on any atom is -0.494 e. The highest BCUT2D eigenvalue weighted by atomic mass is 32.1. The molecule has 1 aromatic carbocycles. The summed E-state index contributed by atoms with van der Waals surface area (Å²) in [4.78, 5) is 30.0. The predicted octanol–water partition coefficient (Wildman–Crippen LogP) is 2.42. The van der Waals surface area contributed by atoms with E-state index in [-0.39, 0.29) is 17.2 Å². The molecule has 0 aliphatic carbocycles. The zero-order valence-corrected chi connectivity index (χ0v) is 15.4. The Labute approximate surface area is 153 Å². The van der Waals surface area contributed by atoms with Crippen molar-refractivity contribution in [3.63, 3.8) is 0 Å². The number of hydrogen-bond donors (Lipinski definition) is 1. The molecule has 0 radical (unpaired) electrons. The summed E-state index contributed by atoms with van der Waals surface area (Å²) in [5.41, 5.74) is 1.33. The van der Waals surface area contributed by atoms with Crippen molar-refractivity contribution in [2.45, 2.75) is 13.3 Å². The van der Waals surface area contributed by atoms with E-state index in [4.69, 9.17) is 4.74 Å². The molecule has 0 aliphatic rings. The number of ether oxygens (including phenoxy) is 1. The van der Waals surface area contributed by atoms with Crippen LogP contribution >= 0.6 is 11.3 Å². The summed E-state index contributed by atoms with van der Waals surface area (Å²) in [6.07, 6.45) is 1.98. The number of nitrogens with zero attached hydrogens (tertiary/aromatic N) is 2. The fraction of sp³-hybridized carbons (Fsp3) is 0.278. The lowest BCUT2D eigenvalue weighted by Gasteiger charge is -2.07. The van der Waals surface area contributed by atoms with E-state index in [1.165, 1.54) is 35.4 Å². The van der Waals surface area contributed by atoms with Gasteiger partial charge in [-0.1, -0.05) is 6.07 Å². The number of aromatic nitrogens is 2. The minimum absolute atomic E-state index is 0.166. The van der Waals surface area contributed by atoms with Crippen LogP contribution in [0, 0.1) is 12.7 Å². The van der Waals surface area contributed by atoms with Crippen molar-refractivity contribution in [3.8, 4) is 5.75 Å². The molecule has 0 unspecified atom stereocenters. The van der Waals surface area contributed by atoms with Crippen molar-refractivity contribution in [1.82, 2.24) is 14.9 Å². The van der Waals surface area contributed by atoms with E-state index < -0.39 is 5.82 Å². The molecule has 1 amide bonds. The average Bonchev–Trinajstić information content (AvgIpc) is 2.97. The summed E-state index contributed by atoms with van der Waals surface area (Å²) < 4.78 is 19.8. The highest BCUT2D eigenvalue weighted by Crippen LogP contribution is 2.26. The van der Waals surface area contributed by atoms with Crippen molar-refractivity contribution in [2.75, 3.05) is 13.7 Å². The van der Waals surface area contributed by atoms with Gasteiger partial charge >= 0.3 is 0 Å². The number of nitrogens with one attached hydrogen (secondary N) is 1. The number of benzene rings is 1. The summed E-state index contributed by atoms with van der Waals surface area (Å²) in [5.74, 6) is -0.493. The molecule has 3 aromatic rings. The Balaban J connectivity index is 1.73. The topological polar surface area (TPSA) is 73.2 Å². The van der Waals surface area contributed by atoms with Crippen molar-refractivity contribution >= 4 is 27.5 Å². The van der Waals surface area contributed by atoms with Crippen molar-refractivity contribution in [2.24, 2.45) is 7.05 Å². The Kier molecular flexibility index (Phi) is 5.03. The van der Waals surface area contributed by atoms with Gasteiger partial charge in [0, 0.05) is 13.6 Å². The van der Waals surface area contributed by atoms with E-state index >= 15 is 0 Å². The fourth-order valence-electron chi connectivity index (χ4n) is 2.69. The lowest BCUT2D eigenvalue weighted by atomic mass is 10.1. The number of amides is 1. The first-order valence-electron chi connectivity index (χ1n) is 7.97. The van der Waals surface area contributed by atoms with Crippen LogP contribution in [-0.4, -0.2) is 29.1 Å². The maximum atomic E-state index is 13.4. The maximum Gasteiger partial charge on any atom is 0.262 e. The number of hydrogen-bond acceptors (Lipinski definition) is 5. The van der Waals surface area contributed by atoms with Crippen LogP contribution in [0.15, 0.2) is 29.3 Å². The third kappa shape index (κ3) is 3.32. The molecular weight excluding hydrogens is 357 g/mol. The fourth-order valence-corrected chi connectivity index (χ4v) is 3.74. The Bertz CT molecular complexity index is 1040. The Morgan fingerprint density at radius 1 is 1.42 bits per heavy atom. The number of carbonyl (C=O) groups is 1. The standard InChI is InChI=1S/C18H18FN3O3S/c1-10-14-17(21-9-22(2)18(14)24)26-15(10)16(23)20-7-6-11-4-5-12(19)13(8-11)25-3/h4-5,8-9H,6-7H2,1-3H3,(H,20,23). The van der Waals surface area contributed by atoms with Gasteiger partial charge in [0.25, 0.3) is 11.5 Å². The van der Waals surface area contributed by atoms with Crippen LogP contribution in [0.4, 0.5) is 4.39 Å². The number of carbonyl (C=O) groups excluding carboxylic acids is 1. The molecule has 0 saturated carbocycles. The molecule has 136 valence electrons. The van der Waals surface area contributed by atoms with Gasteiger partial charge in [-0.05, 0) is 36.6 Å². The van der Waals surface area contributed by atoms with Crippen LogP contribution in [-0.2, 0) is 13.5 Å². The Morgan fingerprint density at radius 3 is 2.92 bits per heavy atom. The van der Waals surface area contributed by atoms with Gasteiger partial charge in [0.15, 0.2) is 11.6 Å². The lowest BCUT2D eigenvalue weighted by molar-refractivity contribution is 0.0957. The molecule has 3 rings (SSSR count). The van der Waals surface area contributed by atoms with E-state index in [1.807, 2.05) is 0 Å². The van der Waals surface area contributed by atoms with Crippen LogP contribution in [0.5, 0.6) is 5.75 Å². The summed E-state index contributed by atoms with van der Waals surface area (Å²) in [5, 5.41) is 3.32. The van der Waals surface area contributed by atoms with Crippen molar-refractivity contribution < 1.29 is 13.9 Å². The maximum absolute atomic E-state index is 13.4. The second kappa shape index (κ2) is 7.25. The van der Waals surface area contributed by atoms with E-state index in [2.05, 4.69) is 10.3 Å². The molecule has 8 heteroatoms. The molecule has 2 aromatic heterocycles. The van der Waals surface area contributed by atoms with E-state index in [0.29, 0.717) is 33.6 Å². The third-order valence-electron chi connectivity index (χ3n) is 4.13. The van der Waals surface area contributed by atoms with Crippen LogP contribution in [0.1, 0.15) is 20.8 Å². The number of thiophene rings is 1. The van der Waals surface area contributed by atoms with Crippen molar-refractivity contribution in [3.05, 3.63) is 56.7 Å². The first kappa shape index (κ1) is 18.1. The molecule has 0 fully saturated rings. The van der Waals surface area contributed by atoms with Gasteiger partial charge in [-0.2, -0.15) is 0 Å². The highest BCUT2D eigenvalue weighted by molar-refractivity contribution is 7.20. The van der Waals surface area contributed by atoms with E-state index in [0.717, 1.165) is 5.56 Å². The predicted molar refractivity (Wildman–Crippen MR) is 98.6 cm³/mol. The zero-order chi connectivity index (χ0) is 18.8. The quantitative estimate of drug-likeness (QED) is 0.743. The first-order chi connectivity index (χ1) is 12.4. The lowest BCUT2D eigenvalue weighted by Crippen LogP contribution is -2.25. The molecule has 0 bridgehead atoms. The van der Waals surface area contributed by atoms with Crippen LogP contribution in [0.3, 0.4) is 0 Å². The molecule has 0 atom stereocenters. The van der Waals surface area contributed by atoms with Gasteiger partial charge < -0.3 is 14.6 Å². The number of fused-ring (bicyclic) bond motifs is 1. The van der Waals surface area contributed by atoms with Crippen LogP contribution < -0.4 is 15.6 Å². The molecule has 1 N–H and O–H groups in total. The molecule has 2 heterocycles. The monoisotopic (exact) mass is 375 g/mol. The third-order valence-corrected chi connectivity index (χ3v) is 5.33. The van der Waals surface area contributed by atoms with Gasteiger partial charge in [-0.3, -0.25) is 9.59 Å². The number of rotatable bonds is 5. The van der Waals surface area contributed by atoms with E-state index in [1.54, 1.807) is 26.1 Å². The first-order valence-corrected chi connectivity index (χ1v) is 8.79.